The van der Waals surface area contributed by atoms with E-state index in [-0.39, 0.29) is 12.0 Å². The van der Waals surface area contributed by atoms with Gasteiger partial charge in [0.15, 0.2) is 5.69 Å². The maximum Gasteiger partial charge on any atom is 0.275 e. The van der Waals surface area contributed by atoms with Crippen LogP contribution in [-0.4, -0.2) is 67.6 Å². The first kappa shape index (κ1) is 24.9. The van der Waals surface area contributed by atoms with Crippen molar-refractivity contribution in [3.8, 4) is 5.19 Å². The highest BCUT2D eigenvalue weighted by Crippen LogP contribution is 2.33. The summed E-state index contributed by atoms with van der Waals surface area (Å²) < 4.78 is 11.2. The van der Waals surface area contributed by atoms with E-state index in [4.69, 9.17) is 9.72 Å². The van der Waals surface area contributed by atoms with E-state index in [0.717, 1.165) is 66.6 Å². The Kier molecular flexibility index (Phi) is 7.28. The van der Waals surface area contributed by atoms with Crippen LogP contribution in [0.5, 0.6) is 5.19 Å². The molecule has 0 radical (unpaired) electrons. The Bertz CT molecular complexity index is 1430. The van der Waals surface area contributed by atoms with Crippen molar-refractivity contribution >= 4 is 50.5 Å². The Balaban J connectivity index is 1.06. The summed E-state index contributed by atoms with van der Waals surface area (Å²) in [6.07, 6.45) is 10.9. The van der Waals surface area contributed by atoms with Gasteiger partial charge in [-0.25, -0.2) is 15.0 Å². The van der Waals surface area contributed by atoms with Crippen LogP contribution in [0, 0.1) is 0 Å². The molecule has 1 amide bonds. The summed E-state index contributed by atoms with van der Waals surface area (Å²) >= 11 is 2.80. The van der Waals surface area contributed by atoms with Gasteiger partial charge in [0.25, 0.3) is 11.1 Å². The maximum atomic E-state index is 12.5. The van der Waals surface area contributed by atoms with E-state index in [9.17, 15) is 4.79 Å². The first-order valence-corrected chi connectivity index (χ1v) is 14.7. The van der Waals surface area contributed by atoms with Crippen LogP contribution in [0.2, 0.25) is 0 Å². The van der Waals surface area contributed by atoms with Crippen LogP contribution < -0.4 is 9.64 Å². The van der Waals surface area contributed by atoms with Crippen molar-refractivity contribution < 1.29 is 9.53 Å². The van der Waals surface area contributed by atoms with E-state index in [1.54, 1.807) is 16.7 Å². The largest absolute Gasteiger partial charge is 0.467 e. The van der Waals surface area contributed by atoms with Gasteiger partial charge < -0.3 is 14.5 Å². The second-order valence-electron chi connectivity index (χ2n) is 9.63. The third-order valence-electron chi connectivity index (χ3n) is 7.04. The van der Waals surface area contributed by atoms with E-state index < -0.39 is 0 Å². The number of aromatic nitrogens is 5. The van der Waals surface area contributed by atoms with Gasteiger partial charge in [-0.1, -0.05) is 41.3 Å². The first-order valence-electron chi connectivity index (χ1n) is 13.0. The Morgan fingerprint density at radius 1 is 1.16 bits per heavy atom. The number of carbonyl (C=O) groups excluding carboxylic acids is 1. The quantitative estimate of drug-likeness (QED) is 0.323. The number of aryl methyl sites for hydroxylation is 1. The highest BCUT2D eigenvalue weighted by molar-refractivity contribution is 7.20. The molecular formula is C27H29N7O2S2. The van der Waals surface area contributed by atoms with Crippen molar-refractivity contribution in [2.24, 2.45) is 0 Å². The summed E-state index contributed by atoms with van der Waals surface area (Å²) in [5.74, 6) is 0.748. The van der Waals surface area contributed by atoms with Crippen LogP contribution in [-0.2, 0) is 6.42 Å². The molecule has 4 aromatic rings. The molecule has 0 bridgehead atoms. The van der Waals surface area contributed by atoms with Gasteiger partial charge in [-0.05, 0) is 53.2 Å². The van der Waals surface area contributed by atoms with E-state index in [0.29, 0.717) is 18.8 Å². The average molecular weight is 548 g/mol. The molecule has 5 heterocycles. The second kappa shape index (κ2) is 11.1. The molecule has 0 atom stereocenters. The maximum absolute atomic E-state index is 12.5. The number of hydrogen-bond acceptors (Lipinski definition) is 10. The molecule has 38 heavy (non-hydrogen) atoms. The SMILES string of the molecule is CCCc1cnc(N2CCC(Oc3nc4ccc(C5=CCN(C(=O)c6csnn6)CC5)cc4s3)CC2)nc1. The second-order valence-corrected chi connectivity index (χ2v) is 11.2. The molecule has 1 aromatic carbocycles. The van der Waals surface area contributed by atoms with E-state index >= 15 is 0 Å². The molecule has 9 nitrogen and oxygen atoms in total. The predicted molar refractivity (Wildman–Crippen MR) is 150 cm³/mol. The number of amides is 1. The average Bonchev–Trinajstić information content (AvgIpc) is 3.64. The number of carbonyl (C=O) groups is 1. The van der Waals surface area contributed by atoms with E-state index in [1.165, 1.54) is 28.2 Å². The fourth-order valence-electron chi connectivity index (χ4n) is 4.93. The van der Waals surface area contributed by atoms with Crippen LogP contribution in [0.25, 0.3) is 15.8 Å². The molecule has 196 valence electrons. The summed E-state index contributed by atoms with van der Waals surface area (Å²) in [6, 6.07) is 6.37. The summed E-state index contributed by atoms with van der Waals surface area (Å²) in [4.78, 5) is 30.5. The fourth-order valence-corrected chi connectivity index (χ4v) is 6.28. The van der Waals surface area contributed by atoms with Gasteiger partial charge in [0.2, 0.25) is 5.95 Å². The molecule has 11 heteroatoms. The molecule has 2 aliphatic rings. The summed E-state index contributed by atoms with van der Waals surface area (Å²) in [6.45, 7) is 5.16. The number of nitrogens with zero attached hydrogens (tertiary/aromatic N) is 7. The number of anilines is 1. The number of fused-ring (bicyclic) bond motifs is 1. The zero-order valence-corrected chi connectivity index (χ0v) is 22.9. The minimum absolute atomic E-state index is 0.0583. The third kappa shape index (κ3) is 5.39. The molecule has 3 aromatic heterocycles. The van der Waals surface area contributed by atoms with Crippen LogP contribution >= 0.6 is 22.9 Å². The predicted octanol–water partition coefficient (Wildman–Crippen LogP) is 4.87. The highest BCUT2D eigenvalue weighted by Gasteiger charge is 2.24. The van der Waals surface area contributed by atoms with E-state index in [2.05, 4.69) is 55.7 Å². The molecule has 1 fully saturated rings. The molecule has 0 N–H and O–H groups in total. The number of rotatable bonds is 7. The molecule has 0 aliphatic carbocycles. The normalized spacial score (nSPS) is 16.6. The Morgan fingerprint density at radius 2 is 2.00 bits per heavy atom. The van der Waals surface area contributed by atoms with Gasteiger partial charge in [-0.3, -0.25) is 4.79 Å². The monoisotopic (exact) mass is 547 g/mol. The van der Waals surface area contributed by atoms with Crippen LogP contribution in [0.4, 0.5) is 5.95 Å². The number of benzene rings is 1. The molecular weight excluding hydrogens is 518 g/mol. The van der Waals surface area contributed by atoms with Gasteiger partial charge >= 0.3 is 0 Å². The lowest BCUT2D eigenvalue weighted by Gasteiger charge is -2.31. The number of hydrogen-bond donors (Lipinski definition) is 0. The van der Waals surface area contributed by atoms with Crippen molar-refractivity contribution in [2.75, 3.05) is 31.1 Å². The van der Waals surface area contributed by atoms with Gasteiger partial charge in [0, 0.05) is 56.8 Å². The Morgan fingerprint density at radius 3 is 2.71 bits per heavy atom. The molecule has 2 aliphatic heterocycles. The topological polar surface area (TPSA) is 97.2 Å². The molecule has 0 unspecified atom stereocenters. The van der Waals surface area contributed by atoms with Gasteiger partial charge in [0.05, 0.1) is 10.2 Å². The van der Waals surface area contributed by atoms with Crippen molar-refractivity contribution in [1.29, 1.82) is 0 Å². The van der Waals surface area contributed by atoms with Crippen LogP contribution in [0.15, 0.2) is 42.0 Å². The molecule has 0 saturated carbocycles. The summed E-state index contributed by atoms with van der Waals surface area (Å²) in [7, 11) is 0. The zero-order chi connectivity index (χ0) is 25.9. The van der Waals surface area contributed by atoms with E-state index in [1.807, 2.05) is 17.3 Å². The lowest BCUT2D eigenvalue weighted by atomic mass is 9.99. The Labute approximate surface area is 229 Å². The summed E-state index contributed by atoms with van der Waals surface area (Å²) in [5.41, 5.74) is 4.99. The van der Waals surface area contributed by atoms with Crippen LogP contribution in [0.1, 0.15) is 54.2 Å². The number of piperidine rings is 1. The van der Waals surface area contributed by atoms with Crippen molar-refractivity contribution in [2.45, 2.75) is 45.1 Å². The standard InChI is InChI=1S/C27H29N7O2S2/c1-2-3-18-15-28-26(29-16-18)34-12-8-21(9-13-34)36-27-30-22-5-4-20(14-24(22)38-27)19-6-10-33(11-7-19)25(35)23-17-37-32-31-23/h4-6,14-17,21H,2-3,7-13H2,1H3. The minimum atomic E-state index is -0.0583. The fraction of sp³-hybridized carbons (Fsp3) is 0.407. The molecule has 1 saturated heterocycles. The molecule has 6 rings (SSSR count). The van der Waals surface area contributed by atoms with Gasteiger partial charge in [-0.2, -0.15) is 0 Å². The third-order valence-corrected chi connectivity index (χ3v) is 8.45. The molecule has 0 spiro atoms. The van der Waals surface area contributed by atoms with Gasteiger partial charge in [-0.15, -0.1) is 5.10 Å². The van der Waals surface area contributed by atoms with Crippen molar-refractivity contribution in [1.82, 2.24) is 29.4 Å². The zero-order valence-electron chi connectivity index (χ0n) is 21.2. The highest BCUT2D eigenvalue weighted by atomic mass is 32.1. The lowest BCUT2D eigenvalue weighted by Crippen LogP contribution is -2.39. The van der Waals surface area contributed by atoms with Crippen molar-refractivity contribution in [3.05, 3.63) is 58.9 Å². The van der Waals surface area contributed by atoms with Gasteiger partial charge in [0.1, 0.15) is 6.10 Å². The number of thiazole rings is 1. The smallest absolute Gasteiger partial charge is 0.275 e. The lowest BCUT2D eigenvalue weighted by molar-refractivity contribution is 0.0767. The van der Waals surface area contributed by atoms with Crippen molar-refractivity contribution in [3.63, 3.8) is 0 Å². The van der Waals surface area contributed by atoms with Crippen LogP contribution in [0.3, 0.4) is 0 Å². The minimum Gasteiger partial charge on any atom is -0.467 e. The summed E-state index contributed by atoms with van der Waals surface area (Å²) in [5, 5.41) is 6.33. The number of ether oxygens (including phenoxy) is 1. The first-order chi connectivity index (χ1) is 18.7. The Hall–Kier alpha value is -3.44.